The first-order chi connectivity index (χ1) is 21.7. The number of aromatic nitrogens is 3. The number of carbonyl (C=O) groups is 1. The molecular weight excluding hydrogens is 544 g/mol. The van der Waals surface area contributed by atoms with Gasteiger partial charge in [-0.25, -0.2) is 9.97 Å². The highest BCUT2D eigenvalue weighted by Crippen LogP contribution is 2.43. The van der Waals surface area contributed by atoms with Crippen LogP contribution in [-0.2, 0) is 17.8 Å². The lowest BCUT2D eigenvalue weighted by atomic mass is 9.89. The first-order valence-corrected chi connectivity index (χ1v) is 16.0. The highest BCUT2D eigenvalue weighted by molar-refractivity contribution is 5.95. The van der Waals surface area contributed by atoms with Crippen LogP contribution in [0, 0.1) is 6.92 Å². The molecule has 2 N–H and O–H groups in total. The molecule has 3 aromatic carbocycles. The molecule has 222 valence electrons. The van der Waals surface area contributed by atoms with Gasteiger partial charge in [-0.05, 0) is 83.7 Å². The highest BCUT2D eigenvalue weighted by Gasteiger charge is 2.31. The molecule has 7 heteroatoms. The Kier molecular flexibility index (Phi) is 7.00. The lowest BCUT2D eigenvalue weighted by Gasteiger charge is -2.37. The summed E-state index contributed by atoms with van der Waals surface area (Å²) in [5, 5.41) is 4.43. The van der Waals surface area contributed by atoms with Crippen LogP contribution in [0.15, 0.2) is 73.1 Å². The number of piperazine rings is 1. The molecule has 1 saturated carbocycles. The summed E-state index contributed by atoms with van der Waals surface area (Å²) in [7, 11) is 0. The molecule has 1 saturated heterocycles. The van der Waals surface area contributed by atoms with E-state index in [1.165, 1.54) is 29.5 Å². The lowest BCUT2D eigenvalue weighted by molar-refractivity contribution is -0.109. The number of nitrogens with one attached hydrogen (secondary N) is 2. The molecule has 2 aromatic heterocycles. The summed E-state index contributed by atoms with van der Waals surface area (Å²) >= 11 is 0. The van der Waals surface area contributed by atoms with Gasteiger partial charge in [0.1, 0.15) is 24.3 Å². The maximum absolute atomic E-state index is 12.6. The first kappa shape index (κ1) is 27.2. The number of hydrogen-bond acceptors (Lipinski definition) is 6. The summed E-state index contributed by atoms with van der Waals surface area (Å²) in [4.78, 5) is 30.3. The van der Waals surface area contributed by atoms with Crippen LogP contribution in [0.4, 0.5) is 5.69 Å². The van der Waals surface area contributed by atoms with Crippen molar-refractivity contribution >= 4 is 23.0 Å². The van der Waals surface area contributed by atoms with E-state index in [-0.39, 0.29) is 6.04 Å². The summed E-state index contributed by atoms with van der Waals surface area (Å²) in [6.45, 7) is 8.17. The maximum Gasteiger partial charge on any atom is 0.146 e. The van der Waals surface area contributed by atoms with E-state index < -0.39 is 0 Å². The van der Waals surface area contributed by atoms with Crippen LogP contribution in [0.5, 0.6) is 0 Å². The number of nitrogens with zero attached hydrogens (tertiary/aromatic N) is 4. The molecule has 0 spiro atoms. The Morgan fingerprint density at radius 1 is 0.955 bits per heavy atom. The molecule has 2 fully saturated rings. The van der Waals surface area contributed by atoms with Crippen LogP contribution in [0.3, 0.4) is 0 Å². The largest absolute Gasteiger partial charge is 0.357 e. The topological polar surface area (TPSA) is 77.2 Å². The minimum atomic E-state index is -0.293. The van der Waals surface area contributed by atoms with Crippen molar-refractivity contribution in [2.24, 2.45) is 0 Å². The third-order valence-corrected chi connectivity index (χ3v) is 9.77. The van der Waals surface area contributed by atoms with Gasteiger partial charge in [0.2, 0.25) is 0 Å². The molecule has 2 aliphatic heterocycles. The Bertz CT molecular complexity index is 1850. The van der Waals surface area contributed by atoms with Crippen LogP contribution in [0.2, 0.25) is 0 Å². The molecule has 44 heavy (non-hydrogen) atoms. The molecule has 0 bridgehead atoms. The summed E-state index contributed by atoms with van der Waals surface area (Å²) in [6, 6.07) is 23.8. The Balaban J connectivity index is 1.12. The number of fused-ring (bicyclic) bond motifs is 2. The molecule has 1 atom stereocenters. The average Bonchev–Trinajstić information content (AvgIpc) is 3.82. The van der Waals surface area contributed by atoms with Crippen molar-refractivity contribution in [2.75, 3.05) is 37.6 Å². The summed E-state index contributed by atoms with van der Waals surface area (Å²) in [6.07, 6.45) is 6.27. The van der Waals surface area contributed by atoms with Gasteiger partial charge in [0, 0.05) is 61.6 Å². The van der Waals surface area contributed by atoms with Crippen molar-refractivity contribution < 1.29 is 4.79 Å². The monoisotopic (exact) mass is 582 g/mol. The molecule has 4 heterocycles. The summed E-state index contributed by atoms with van der Waals surface area (Å²) in [5.41, 5.74) is 12.4. The van der Waals surface area contributed by atoms with E-state index in [2.05, 4.69) is 98.7 Å². The number of aldehydes is 1. The number of hydrogen-bond donors (Lipinski definition) is 2. The number of rotatable bonds is 7. The van der Waals surface area contributed by atoms with Crippen LogP contribution in [-0.4, -0.2) is 58.9 Å². The van der Waals surface area contributed by atoms with E-state index in [9.17, 15) is 4.79 Å². The second-order valence-corrected chi connectivity index (χ2v) is 12.6. The first-order valence-electron chi connectivity index (χ1n) is 16.0. The van der Waals surface area contributed by atoms with Gasteiger partial charge in [-0.3, -0.25) is 4.90 Å². The SMILES string of the molecule is Cc1c(-c2ncnc3[nH]c(-c4cccc(CN5CCNCC5)c4)cc23)cccc1N1CCc2cc(C3CC3)ccc2C1C=O. The van der Waals surface area contributed by atoms with Crippen molar-refractivity contribution in [2.45, 2.75) is 44.7 Å². The highest BCUT2D eigenvalue weighted by atomic mass is 16.1. The lowest BCUT2D eigenvalue weighted by Crippen LogP contribution is -2.42. The third kappa shape index (κ3) is 5.00. The number of benzene rings is 3. The number of carbonyl (C=O) groups excluding carboxylic acids is 1. The van der Waals surface area contributed by atoms with Gasteiger partial charge in [0.15, 0.2) is 0 Å². The Morgan fingerprint density at radius 3 is 2.66 bits per heavy atom. The number of H-pyrrole nitrogens is 1. The fourth-order valence-corrected chi connectivity index (χ4v) is 7.23. The minimum Gasteiger partial charge on any atom is -0.357 e. The second kappa shape index (κ2) is 11.3. The van der Waals surface area contributed by atoms with Gasteiger partial charge in [-0.1, -0.05) is 48.5 Å². The quantitative estimate of drug-likeness (QED) is 0.223. The Morgan fingerprint density at radius 2 is 1.82 bits per heavy atom. The van der Waals surface area contributed by atoms with Crippen LogP contribution in [0.1, 0.15) is 52.6 Å². The predicted octanol–water partition coefficient (Wildman–Crippen LogP) is 6.19. The second-order valence-electron chi connectivity index (χ2n) is 12.6. The van der Waals surface area contributed by atoms with Gasteiger partial charge in [0.25, 0.3) is 0 Å². The summed E-state index contributed by atoms with van der Waals surface area (Å²) in [5.74, 6) is 0.715. The van der Waals surface area contributed by atoms with Gasteiger partial charge < -0.3 is 20.0 Å². The van der Waals surface area contributed by atoms with E-state index in [0.717, 1.165) is 102 Å². The van der Waals surface area contributed by atoms with Crippen molar-refractivity contribution in [3.8, 4) is 22.5 Å². The van der Waals surface area contributed by atoms with Crippen molar-refractivity contribution in [3.63, 3.8) is 0 Å². The molecule has 0 radical (unpaired) electrons. The van der Waals surface area contributed by atoms with Crippen molar-refractivity contribution in [1.82, 2.24) is 25.2 Å². The molecule has 5 aromatic rings. The molecule has 3 aliphatic rings. The number of anilines is 1. The van der Waals surface area contributed by atoms with E-state index in [0.29, 0.717) is 5.92 Å². The van der Waals surface area contributed by atoms with Crippen LogP contribution in [0.25, 0.3) is 33.5 Å². The van der Waals surface area contributed by atoms with Crippen LogP contribution >= 0.6 is 0 Å². The molecule has 0 amide bonds. The zero-order chi connectivity index (χ0) is 29.6. The van der Waals surface area contributed by atoms with Gasteiger partial charge in [-0.2, -0.15) is 0 Å². The standard InChI is InChI=1S/C37H38N6O/c1-24-30(6-3-7-34(24)43-15-12-28-19-27(26-8-9-26)10-11-31(28)35(43)22-44)36-32-20-33(41-37(32)40-23-39-36)29-5-2-4-25(18-29)21-42-16-13-38-14-17-42/h2-7,10-11,18-20,22-23,26,35,38H,8-9,12-17,21H2,1H3,(H,39,40,41). The zero-order valence-electron chi connectivity index (χ0n) is 25.2. The molecule has 1 unspecified atom stereocenters. The van der Waals surface area contributed by atoms with E-state index in [1.54, 1.807) is 6.33 Å². The Hall–Kier alpha value is -4.33. The normalized spacial score (nSPS) is 18.8. The predicted molar refractivity (Wildman–Crippen MR) is 176 cm³/mol. The Labute approximate surface area is 258 Å². The molecular formula is C37H38N6O. The summed E-state index contributed by atoms with van der Waals surface area (Å²) < 4.78 is 0. The zero-order valence-corrected chi connectivity index (χ0v) is 25.2. The minimum absolute atomic E-state index is 0.293. The third-order valence-electron chi connectivity index (χ3n) is 9.77. The van der Waals surface area contributed by atoms with Gasteiger partial charge in [-0.15, -0.1) is 0 Å². The van der Waals surface area contributed by atoms with Crippen molar-refractivity contribution in [1.29, 1.82) is 0 Å². The smallest absolute Gasteiger partial charge is 0.146 e. The maximum atomic E-state index is 12.6. The number of aromatic amines is 1. The van der Waals surface area contributed by atoms with E-state index in [1.807, 2.05) is 0 Å². The van der Waals surface area contributed by atoms with E-state index in [4.69, 9.17) is 4.98 Å². The molecule has 8 rings (SSSR count). The fourth-order valence-electron chi connectivity index (χ4n) is 7.23. The van der Waals surface area contributed by atoms with E-state index >= 15 is 0 Å². The molecule has 7 nitrogen and oxygen atoms in total. The average molecular weight is 583 g/mol. The van der Waals surface area contributed by atoms with Gasteiger partial charge in [0.05, 0.1) is 5.69 Å². The van der Waals surface area contributed by atoms with Gasteiger partial charge >= 0.3 is 0 Å². The fraction of sp³-hybridized carbons (Fsp3) is 0.324. The van der Waals surface area contributed by atoms with Crippen LogP contribution < -0.4 is 10.2 Å². The molecule has 1 aliphatic carbocycles. The van der Waals surface area contributed by atoms with Crippen molar-refractivity contribution in [3.05, 3.63) is 101 Å².